The number of hydrogen-bond donors (Lipinski definition) is 1. The van der Waals surface area contributed by atoms with Gasteiger partial charge in [0.05, 0.1) is 16.3 Å². The van der Waals surface area contributed by atoms with Crippen LogP contribution in [0.2, 0.25) is 0 Å². The van der Waals surface area contributed by atoms with Crippen molar-refractivity contribution in [1.29, 1.82) is 0 Å². The van der Waals surface area contributed by atoms with Crippen LogP contribution in [-0.4, -0.2) is 21.8 Å². The van der Waals surface area contributed by atoms with Gasteiger partial charge >= 0.3 is 0 Å². The summed E-state index contributed by atoms with van der Waals surface area (Å²) in [4.78, 5) is 4.75. The summed E-state index contributed by atoms with van der Waals surface area (Å²) in [5, 5.41) is 8.84. The van der Waals surface area contributed by atoms with Crippen LogP contribution in [0.3, 0.4) is 0 Å². The van der Waals surface area contributed by atoms with Crippen molar-refractivity contribution in [3.05, 3.63) is 47.2 Å². The van der Waals surface area contributed by atoms with Gasteiger partial charge in [-0.05, 0) is 32.2 Å². The van der Waals surface area contributed by atoms with E-state index in [0.29, 0.717) is 0 Å². The first-order chi connectivity index (χ1) is 9.81. The molecule has 0 radical (unpaired) electrons. The number of hydrogen-bond acceptors (Lipinski definition) is 4. The zero-order chi connectivity index (χ0) is 13.9. The van der Waals surface area contributed by atoms with Crippen LogP contribution in [0.15, 0.2) is 36.5 Å². The molecule has 0 aliphatic heterocycles. The standard InChI is InChI=1S/C15H18N4S/c1-3-19-11(8-9-17-19)10-13(16-2)15-18-12-6-4-5-7-14(12)20-15/h4-9,13,16H,3,10H2,1-2H3. The zero-order valence-electron chi connectivity index (χ0n) is 11.7. The SMILES string of the molecule is CCn1nccc1CC(NC)c1nc2ccccc2s1. The average molecular weight is 286 g/mol. The summed E-state index contributed by atoms with van der Waals surface area (Å²) in [5.41, 5.74) is 2.32. The molecule has 0 aliphatic carbocycles. The van der Waals surface area contributed by atoms with Crippen molar-refractivity contribution in [2.45, 2.75) is 25.9 Å². The third kappa shape index (κ3) is 2.46. The molecule has 0 aliphatic rings. The van der Waals surface area contributed by atoms with Gasteiger partial charge in [0.2, 0.25) is 0 Å². The van der Waals surface area contributed by atoms with Gasteiger partial charge in [-0.15, -0.1) is 11.3 Å². The summed E-state index contributed by atoms with van der Waals surface area (Å²) in [6.07, 6.45) is 2.77. The third-order valence-corrected chi connectivity index (χ3v) is 4.62. The lowest BCUT2D eigenvalue weighted by Gasteiger charge is -2.14. The van der Waals surface area contributed by atoms with Gasteiger partial charge in [0.1, 0.15) is 5.01 Å². The summed E-state index contributed by atoms with van der Waals surface area (Å²) in [5.74, 6) is 0. The fourth-order valence-corrected chi connectivity index (χ4v) is 3.46. The van der Waals surface area contributed by atoms with E-state index in [2.05, 4.69) is 41.6 Å². The van der Waals surface area contributed by atoms with Crippen molar-refractivity contribution in [1.82, 2.24) is 20.1 Å². The summed E-state index contributed by atoms with van der Waals surface area (Å²) in [7, 11) is 1.99. The predicted molar refractivity (Wildman–Crippen MR) is 83.0 cm³/mol. The Morgan fingerprint density at radius 2 is 2.15 bits per heavy atom. The molecular formula is C15H18N4S. The smallest absolute Gasteiger partial charge is 0.111 e. The topological polar surface area (TPSA) is 42.7 Å². The number of likely N-dealkylation sites (N-methyl/N-ethyl adjacent to an activating group) is 1. The molecule has 104 valence electrons. The van der Waals surface area contributed by atoms with E-state index >= 15 is 0 Å². The van der Waals surface area contributed by atoms with Crippen LogP contribution in [-0.2, 0) is 13.0 Å². The molecule has 5 heteroatoms. The fraction of sp³-hybridized carbons (Fsp3) is 0.333. The van der Waals surface area contributed by atoms with E-state index in [1.54, 1.807) is 11.3 Å². The first-order valence-electron chi connectivity index (χ1n) is 6.85. The minimum absolute atomic E-state index is 0.231. The van der Waals surface area contributed by atoms with E-state index in [1.165, 1.54) is 10.4 Å². The largest absolute Gasteiger partial charge is 0.311 e. The van der Waals surface area contributed by atoms with Crippen LogP contribution in [0, 0.1) is 0 Å². The second kappa shape index (κ2) is 5.73. The van der Waals surface area contributed by atoms with Crippen LogP contribution in [0.25, 0.3) is 10.2 Å². The van der Waals surface area contributed by atoms with E-state index in [0.717, 1.165) is 23.5 Å². The average Bonchev–Trinajstić information content (AvgIpc) is 3.10. The van der Waals surface area contributed by atoms with Crippen LogP contribution < -0.4 is 5.32 Å². The monoisotopic (exact) mass is 286 g/mol. The molecule has 4 nitrogen and oxygen atoms in total. The summed E-state index contributed by atoms with van der Waals surface area (Å²) in [6.45, 7) is 3.02. The van der Waals surface area contributed by atoms with Crippen LogP contribution in [0.5, 0.6) is 0 Å². The van der Waals surface area contributed by atoms with Gasteiger partial charge in [-0.25, -0.2) is 4.98 Å². The molecule has 3 aromatic rings. The van der Waals surface area contributed by atoms with Crippen molar-refractivity contribution in [2.75, 3.05) is 7.05 Å². The molecule has 1 unspecified atom stereocenters. The second-order valence-electron chi connectivity index (χ2n) is 4.70. The minimum atomic E-state index is 0.231. The first-order valence-corrected chi connectivity index (χ1v) is 7.67. The molecule has 0 saturated heterocycles. The van der Waals surface area contributed by atoms with Crippen molar-refractivity contribution < 1.29 is 0 Å². The lowest BCUT2D eigenvalue weighted by molar-refractivity contribution is 0.540. The Labute approximate surface area is 122 Å². The Morgan fingerprint density at radius 3 is 2.90 bits per heavy atom. The van der Waals surface area contributed by atoms with Gasteiger partial charge < -0.3 is 5.32 Å². The Kier molecular flexibility index (Phi) is 3.80. The quantitative estimate of drug-likeness (QED) is 0.784. The normalized spacial score (nSPS) is 12.9. The number of para-hydroxylation sites is 1. The molecule has 2 heterocycles. The molecule has 0 amide bonds. The van der Waals surface area contributed by atoms with Crippen LogP contribution >= 0.6 is 11.3 Å². The maximum absolute atomic E-state index is 4.75. The maximum Gasteiger partial charge on any atom is 0.111 e. The molecule has 0 saturated carbocycles. The van der Waals surface area contributed by atoms with Gasteiger partial charge in [-0.2, -0.15) is 5.10 Å². The Bertz CT molecular complexity index is 668. The highest BCUT2D eigenvalue weighted by molar-refractivity contribution is 7.18. The first kappa shape index (κ1) is 13.3. The number of fused-ring (bicyclic) bond motifs is 1. The summed E-state index contributed by atoms with van der Waals surface area (Å²) >= 11 is 1.76. The zero-order valence-corrected chi connectivity index (χ0v) is 12.5. The summed E-state index contributed by atoms with van der Waals surface area (Å²) < 4.78 is 3.28. The molecule has 2 aromatic heterocycles. The van der Waals surface area contributed by atoms with Crippen molar-refractivity contribution in [3.8, 4) is 0 Å². The number of rotatable bonds is 5. The highest BCUT2D eigenvalue weighted by Gasteiger charge is 2.16. The van der Waals surface area contributed by atoms with Crippen molar-refractivity contribution >= 4 is 21.6 Å². The fourth-order valence-electron chi connectivity index (χ4n) is 2.38. The lowest BCUT2D eigenvalue weighted by atomic mass is 10.1. The number of benzene rings is 1. The molecule has 0 spiro atoms. The molecule has 1 atom stereocenters. The number of thiazole rings is 1. The molecule has 20 heavy (non-hydrogen) atoms. The third-order valence-electron chi connectivity index (χ3n) is 3.47. The predicted octanol–water partition coefficient (Wildman–Crippen LogP) is 3.02. The van der Waals surface area contributed by atoms with Gasteiger partial charge in [-0.1, -0.05) is 12.1 Å². The summed E-state index contributed by atoms with van der Waals surface area (Å²) in [6, 6.07) is 10.6. The Balaban J connectivity index is 1.89. The van der Waals surface area contributed by atoms with E-state index < -0.39 is 0 Å². The van der Waals surface area contributed by atoms with E-state index in [-0.39, 0.29) is 6.04 Å². The maximum atomic E-state index is 4.75. The van der Waals surface area contributed by atoms with Crippen molar-refractivity contribution in [3.63, 3.8) is 0 Å². The molecule has 1 aromatic carbocycles. The van der Waals surface area contributed by atoms with E-state index in [9.17, 15) is 0 Å². The van der Waals surface area contributed by atoms with Crippen LogP contribution in [0.4, 0.5) is 0 Å². The van der Waals surface area contributed by atoms with Crippen LogP contribution in [0.1, 0.15) is 23.7 Å². The van der Waals surface area contributed by atoms with Gasteiger partial charge in [0.15, 0.2) is 0 Å². The Hall–Kier alpha value is -1.72. The Morgan fingerprint density at radius 1 is 1.30 bits per heavy atom. The molecular weight excluding hydrogens is 268 g/mol. The number of nitrogens with zero attached hydrogens (tertiary/aromatic N) is 3. The lowest BCUT2D eigenvalue weighted by Crippen LogP contribution is -2.20. The molecule has 0 fully saturated rings. The highest BCUT2D eigenvalue weighted by atomic mass is 32.1. The molecule has 0 bridgehead atoms. The van der Waals surface area contributed by atoms with Gasteiger partial charge in [-0.3, -0.25) is 4.68 Å². The second-order valence-corrected chi connectivity index (χ2v) is 5.77. The van der Waals surface area contributed by atoms with E-state index in [4.69, 9.17) is 4.98 Å². The minimum Gasteiger partial charge on any atom is -0.311 e. The van der Waals surface area contributed by atoms with Gasteiger partial charge in [0.25, 0.3) is 0 Å². The highest BCUT2D eigenvalue weighted by Crippen LogP contribution is 2.28. The molecule has 3 rings (SSSR count). The van der Waals surface area contributed by atoms with Gasteiger partial charge in [0, 0.05) is 24.9 Å². The van der Waals surface area contributed by atoms with Crippen molar-refractivity contribution in [2.24, 2.45) is 0 Å². The van der Waals surface area contributed by atoms with E-state index in [1.807, 2.05) is 24.0 Å². The molecule has 1 N–H and O–H groups in total. The number of aromatic nitrogens is 3. The number of nitrogens with one attached hydrogen (secondary N) is 1. The number of aryl methyl sites for hydroxylation is 1.